The second-order valence-electron chi connectivity index (χ2n) is 14.8. The Balaban J connectivity index is 1.02. The van der Waals surface area contributed by atoms with E-state index >= 15 is 0 Å². The van der Waals surface area contributed by atoms with Crippen molar-refractivity contribution in [2.75, 3.05) is 4.90 Å². The molecule has 2 atom stereocenters. The molecule has 5 heteroatoms. The SMILES string of the molecule is CC1(C)C2=CC3c4ccccc4N(c4ccc(-c5nc(-c6ccccc6)nc(-c6ccccc6)n5)cc4)C3C=C2c2cc3c(cc21)oc1ccccc13. The Labute approximate surface area is 307 Å². The molecule has 0 bridgehead atoms. The van der Waals surface area contributed by atoms with E-state index in [9.17, 15) is 0 Å². The number of hydrogen-bond acceptors (Lipinski definition) is 5. The summed E-state index contributed by atoms with van der Waals surface area (Å²) in [6.07, 6.45) is 5.08. The van der Waals surface area contributed by atoms with Crippen LogP contribution in [0.3, 0.4) is 0 Å². The third-order valence-corrected chi connectivity index (χ3v) is 11.5. The van der Waals surface area contributed by atoms with Crippen LogP contribution in [0.4, 0.5) is 11.4 Å². The first-order chi connectivity index (χ1) is 26.0. The van der Waals surface area contributed by atoms with Crippen molar-refractivity contribution in [2.24, 2.45) is 0 Å². The fourth-order valence-corrected chi connectivity index (χ4v) is 8.85. The largest absolute Gasteiger partial charge is 0.456 e. The molecule has 252 valence electrons. The van der Waals surface area contributed by atoms with Gasteiger partial charge in [0.25, 0.3) is 0 Å². The van der Waals surface area contributed by atoms with Crippen LogP contribution in [0, 0.1) is 0 Å². The average molecular weight is 683 g/mol. The van der Waals surface area contributed by atoms with Crippen LogP contribution >= 0.6 is 0 Å². The van der Waals surface area contributed by atoms with E-state index in [1.807, 2.05) is 66.7 Å². The molecule has 6 aromatic carbocycles. The number of hydrogen-bond donors (Lipinski definition) is 0. The molecule has 2 unspecified atom stereocenters. The van der Waals surface area contributed by atoms with Crippen LogP contribution in [0.2, 0.25) is 0 Å². The van der Waals surface area contributed by atoms with E-state index in [4.69, 9.17) is 19.4 Å². The topological polar surface area (TPSA) is 55.1 Å². The molecule has 3 heterocycles. The molecule has 1 aliphatic heterocycles. The monoisotopic (exact) mass is 682 g/mol. The third kappa shape index (κ3) is 4.53. The van der Waals surface area contributed by atoms with Crippen molar-refractivity contribution < 1.29 is 4.42 Å². The van der Waals surface area contributed by atoms with E-state index in [1.54, 1.807) is 0 Å². The van der Waals surface area contributed by atoms with E-state index in [-0.39, 0.29) is 17.4 Å². The first-order valence-corrected chi connectivity index (χ1v) is 18.3. The van der Waals surface area contributed by atoms with Gasteiger partial charge in [-0.1, -0.05) is 123 Å². The highest BCUT2D eigenvalue weighted by Crippen LogP contribution is 2.58. The summed E-state index contributed by atoms with van der Waals surface area (Å²) in [5.74, 6) is 2.20. The van der Waals surface area contributed by atoms with Gasteiger partial charge in [0.2, 0.25) is 0 Å². The minimum Gasteiger partial charge on any atom is -0.456 e. The fraction of sp³-hybridized carbons (Fsp3) is 0.104. The van der Waals surface area contributed by atoms with Gasteiger partial charge in [-0.2, -0.15) is 0 Å². The Hall–Kier alpha value is -6.59. The number of anilines is 2. The molecule has 0 N–H and O–H groups in total. The lowest BCUT2D eigenvalue weighted by molar-refractivity contribution is 0.634. The van der Waals surface area contributed by atoms with Gasteiger partial charge in [0.1, 0.15) is 11.2 Å². The summed E-state index contributed by atoms with van der Waals surface area (Å²) in [5.41, 5.74) is 13.7. The summed E-state index contributed by atoms with van der Waals surface area (Å²) in [7, 11) is 0. The zero-order chi connectivity index (χ0) is 35.3. The Morgan fingerprint density at radius 3 is 1.87 bits per heavy atom. The second-order valence-corrected chi connectivity index (χ2v) is 14.8. The maximum absolute atomic E-state index is 6.36. The van der Waals surface area contributed by atoms with Gasteiger partial charge in [0.05, 0.1) is 6.04 Å². The second kappa shape index (κ2) is 11.2. The molecule has 11 rings (SSSR count). The molecule has 2 aromatic heterocycles. The van der Waals surface area contributed by atoms with Gasteiger partial charge in [-0.05, 0) is 76.4 Å². The average Bonchev–Trinajstić information content (AvgIpc) is 3.82. The fourth-order valence-electron chi connectivity index (χ4n) is 8.85. The quantitative estimate of drug-likeness (QED) is 0.185. The van der Waals surface area contributed by atoms with Crippen LogP contribution in [0.5, 0.6) is 0 Å². The van der Waals surface area contributed by atoms with Gasteiger partial charge >= 0.3 is 0 Å². The van der Waals surface area contributed by atoms with Crippen molar-refractivity contribution in [3.05, 3.63) is 180 Å². The first kappa shape index (κ1) is 30.1. The molecule has 0 spiro atoms. The van der Waals surface area contributed by atoms with E-state index in [1.165, 1.54) is 38.9 Å². The number of aromatic nitrogens is 3. The number of allylic oxidation sites excluding steroid dienone is 2. The Kier molecular flexibility index (Phi) is 6.36. The van der Waals surface area contributed by atoms with Crippen LogP contribution in [0.25, 0.3) is 61.7 Å². The molecule has 0 radical (unpaired) electrons. The summed E-state index contributed by atoms with van der Waals surface area (Å²) in [6.45, 7) is 4.72. The van der Waals surface area contributed by atoms with Crippen molar-refractivity contribution in [2.45, 2.75) is 31.2 Å². The lowest BCUT2D eigenvalue weighted by Crippen LogP contribution is -2.30. The summed E-state index contributed by atoms with van der Waals surface area (Å²) in [6, 6.07) is 51.0. The third-order valence-electron chi connectivity index (χ3n) is 11.5. The Morgan fingerprint density at radius 1 is 0.566 bits per heavy atom. The summed E-state index contributed by atoms with van der Waals surface area (Å²) in [5, 5.41) is 2.33. The van der Waals surface area contributed by atoms with Crippen molar-refractivity contribution >= 4 is 38.9 Å². The van der Waals surface area contributed by atoms with Crippen molar-refractivity contribution in [3.63, 3.8) is 0 Å². The zero-order valence-corrected chi connectivity index (χ0v) is 29.4. The van der Waals surface area contributed by atoms with Gasteiger partial charge in [0, 0.05) is 50.2 Å². The highest BCUT2D eigenvalue weighted by atomic mass is 16.3. The van der Waals surface area contributed by atoms with Crippen LogP contribution in [-0.4, -0.2) is 21.0 Å². The lowest BCUT2D eigenvalue weighted by Gasteiger charge is -2.33. The smallest absolute Gasteiger partial charge is 0.164 e. The summed E-state index contributed by atoms with van der Waals surface area (Å²) in [4.78, 5) is 17.3. The minimum atomic E-state index is -0.148. The van der Waals surface area contributed by atoms with Gasteiger partial charge in [-0.25, -0.2) is 15.0 Å². The number of nitrogens with zero attached hydrogens (tertiary/aromatic N) is 4. The maximum Gasteiger partial charge on any atom is 0.164 e. The number of para-hydroxylation sites is 2. The summed E-state index contributed by atoms with van der Waals surface area (Å²) >= 11 is 0. The highest BCUT2D eigenvalue weighted by molar-refractivity contribution is 6.08. The molecule has 8 aromatic rings. The van der Waals surface area contributed by atoms with Crippen molar-refractivity contribution in [1.82, 2.24) is 15.0 Å². The molecular formula is C48H34N4O. The van der Waals surface area contributed by atoms with Gasteiger partial charge in [0.15, 0.2) is 17.5 Å². The molecule has 3 aliphatic rings. The predicted molar refractivity (Wildman–Crippen MR) is 214 cm³/mol. The van der Waals surface area contributed by atoms with E-state index in [2.05, 4.69) is 110 Å². The standard InChI is InChI=1S/C48H34N4O/c1-48(2)39-26-37-33-17-9-11-19-41(33)52(42(37)27-36(39)35-25-38-34-18-10-12-20-43(34)53-44(38)28-40(35)48)32-23-21-31(22-24-32)47-50-45(29-13-5-3-6-14-29)49-46(51-47)30-15-7-4-8-16-30/h3-28,37,42H,1-2H3. The van der Waals surface area contributed by atoms with Gasteiger partial charge < -0.3 is 9.32 Å². The van der Waals surface area contributed by atoms with E-state index in [0.29, 0.717) is 17.5 Å². The number of furan rings is 1. The van der Waals surface area contributed by atoms with Gasteiger partial charge in [-0.3, -0.25) is 0 Å². The molecular weight excluding hydrogens is 649 g/mol. The number of fused-ring (bicyclic) bond motifs is 9. The molecule has 0 saturated carbocycles. The maximum atomic E-state index is 6.36. The van der Waals surface area contributed by atoms with Crippen molar-refractivity contribution in [1.29, 1.82) is 0 Å². The van der Waals surface area contributed by atoms with Gasteiger partial charge in [-0.15, -0.1) is 0 Å². The van der Waals surface area contributed by atoms with Crippen LogP contribution < -0.4 is 4.90 Å². The number of benzene rings is 6. The number of rotatable bonds is 4. The Morgan fingerprint density at radius 2 is 1.17 bits per heavy atom. The molecule has 0 fully saturated rings. The first-order valence-electron chi connectivity index (χ1n) is 18.3. The molecule has 2 aliphatic carbocycles. The molecule has 5 nitrogen and oxygen atoms in total. The van der Waals surface area contributed by atoms with Crippen LogP contribution in [-0.2, 0) is 5.41 Å². The van der Waals surface area contributed by atoms with Crippen LogP contribution in [0.1, 0.15) is 36.5 Å². The molecule has 53 heavy (non-hydrogen) atoms. The lowest BCUT2D eigenvalue weighted by atomic mass is 9.76. The van der Waals surface area contributed by atoms with Crippen molar-refractivity contribution in [3.8, 4) is 34.2 Å². The van der Waals surface area contributed by atoms with E-state index < -0.39 is 0 Å². The van der Waals surface area contributed by atoms with Crippen LogP contribution in [0.15, 0.2) is 168 Å². The highest BCUT2D eigenvalue weighted by Gasteiger charge is 2.46. The summed E-state index contributed by atoms with van der Waals surface area (Å²) < 4.78 is 6.36. The normalized spacial score (nSPS) is 18.0. The molecule has 0 amide bonds. The molecule has 0 saturated heterocycles. The predicted octanol–water partition coefficient (Wildman–Crippen LogP) is 11.7. The Bertz CT molecular complexity index is 2760. The zero-order valence-electron chi connectivity index (χ0n) is 29.4. The minimum absolute atomic E-state index is 0.127. The van der Waals surface area contributed by atoms with E-state index in [0.717, 1.165) is 38.9 Å².